The lowest BCUT2D eigenvalue weighted by atomic mass is 10.1. The number of rotatable bonds is 5. The predicted molar refractivity (Wildman–Crippen MR) is 87.7 cm³/mol. The second-order valence-electron chi connectivity index (χ2n) is 5.60. The first-order valence-electron chi connectivity index (χ1n) is 8.06. The van der Waals surface area contributed by atoms with Gasteiger partial charge in [-0.15, -0.1) is 0 Å². The monoisotopic (exact) mass is 303 g/mol. The van der Waals surface area contributed by atoms with Crippen LogP contribution in [0.5, 0.6) is 0 Å². The summed E-state index contributed by atoms with van der Waals surface area (Å²) >= 11 is 0. The Balaban J connectivity index is 1.86. The molecule has 1 saturated heterocycles. The third kappa shape index (κ3) is 4.07. The summed E-state index contributed by atoms with van der Waals surface area (Å²) in [6.45, 7) is 6.73. The van der Waals surface area contributed by atoms with Gasteiger partial charge < -0.3 is 10.6 Å². The van der Waals surface area contributed by atoms with Gasteiger partial charge >= 0.3 is 11.8 Å². The molecule has 5 heteroatoms. The van der Waals surface area contributed by atoms with Crippen LogP contribution < -0.4 is 10.6 Å². The number of para-hydroxylation sites is 1. The molecular formula is C17H25N3O2. The number of aryl methyl sites for hydroxylation is 1. The molecular weight excluding hydrogens is 278 g/mol. The summed E-state index contributed by atoms with van der Waals surface area (Å²) in [5.41, 5.74) is 1.73. The molecule has 1 aromatic carbocycles. The number of nitrogens with one attached hydrogen (secondary N) is 2. The van der Waals surface area contributed by atoms with Gasteiger partial charge in [0, 0.05) is 18.3 Å². The number of hydrogen-bond acceptors (Lipinski definition) is 3. The van der Waals surface area contributed by atoms with Crippen molar-refractivity contribution in [2.45, 2.75) is 39.2 Å². The van der Waals surface area contributed by atoms with E-state index >= 15 is 0 Å². The highest BCUT2D eigenvalue weighted by molar-refractivity contribution is 6.39. The van der Waals surface area contributed by atoms with E-state index in [1.807, 2.05) is 31.2 Å². The maximum absolute atomic E-state index is 12.0. The van der Waals surface area contributed by atoms with Gasteiger partial charge in [0.1, 0.15) is 0 Å². The number of likely N-dealkylation sites (tertiary alicyclic amines) is 1. The van der Waals surface area contributed by atoms with Gasteiger partial charge in [-0.3, -0.25) is 14.5 Å². The summed E-state index contributed by atoms with van der Waals surface area (Å²) in [5, 5.41) is 5.45. The predicted octanol–water partition coefficient (Wildman–Crippen LogP) is 1.79. The zero-order valence-electron chi connectivity index (χ0n) is 13.4. The Labute approximate surface area is 132 Å². The molecule has 1 aromatic rings. The summed E-state index contributed by atoms with van der Waals surface area (Å²) in [5.74, 6) is -1.16. The fraction of sp³-hybridized carbons (Fsp3) is 0.529. The average molecular weight is 303 g/mol. The van der Waals surface area contributed by atoms with Gasteiger partial charge in [0.25, 0.3) is 0 Å². The molecule has 0 unspecified atom stereocenters. The molecule has 0 radical (unpaired) electrons. The first kappa shape index (κ1) is 16.5. The molecule has 0 spiro atoms. The van der Waals surface area contributed by atoms with Gasteiger partial charge in [0.05, 0.1) is 0 Å². The molecule has 5 nitrogen and oxygen atoms in total. The van der Waals surface area contributed by atoms with Crippen molar-refractivity contribution in [2.75, 3.05) is 25.0 Å². The number of likely N-dealkylation sites (N-methyl/N-ethyl adjacent to an activating group) is 1. The van der Waals surface area contributed by atoms with Crippen molar-refractivity contribution in [1.29, 1.82) is 0 Å². The van der Waals surface area contributed by atoms with Crippen molar-refractivity contribution in [3.63, 3.8) is 0 Å². The highest BCUT2D eigenvalue weighted by Crippen LogP contribution is 2.16. The van der Waals surface area contributed by atoms with E-state index in [1.54, 1.807) is 0 Å². The third-order valence-electron chi connectivity index (χ3n) is 4.26. The number of amides is 2. The molecule has 2 N–H and O–H groups in total. The van der Waals surface area contributed by atoms with Crippen LogP contribution in [0, 0.1) is 0 Å². The number of anilines is 1. The average Bonchev–Trinajstić information content (AvgIpc) is 3.00. The van der Waals surface area contributed by atoms with Crippen LogP contribution >= 0.6 is 0 Å². The minimum Gasteiger partial charge on any atom is -0.346 e. The number of hydrogen-bond donors (Lipinski definition) is 2. The largest absolute Gasteiger partial charge is 0.346 e. The molecule has 1 heterocycles. The van der Waals surface area contributed by atoms with Gasteiger partial charge in [-0.2, -0.15) is 0 Å². The lowest BCUT2D eigenvalue weighted by Crippen LogP contribution is -2.43. The van der Waals surface area contributed by atoms with Gasteiger partial charge in [0.15, 0.2) is 0 Å². The van der Waals surface area contributed by atoms with E-state index in [1.165, 1.54) is 0 Å². The Kier molecular flexibility index (Phi) is 5.95. The van der Waals surface area contributed by atoms with Crippen molar-refractivity contribution in [2.24, 2.45) is 0 Å². The highest BCUT2D eigenvalue weighted by Gasteiger charge is 2.24. The Bertz CT molecular complexity index is 530. The Morgan fingerprint density at radius 3 is 2.73 bits per heavy atom. The molecule has 1 fully saturated rings. The van der Waals surface area contributed by atoms with Crippen LogP contribution in [0.4, 0.5) is 5.69 Å². The van der Waals surface area contributed by atoms with Crippen molar-refractivity contribution in [3.05, 3.63) is 29.8 Å². The maximum atomic E-state index is 12.0. The van der Waals surface area contributed by atoms with Crippen molar-refractivity contribution in [1.82, 2.24) is 10.2 Å². The lowest BCUT2D eigenvalue weighted by molar-refractivity contribution is -0.136. The maximum Gasteiger partial charge on any atom is 0.313 e. The first-order chi connectivity index (χ1) is 10.7. The van der Waals surface area contributed by atoms with E-state index in [0.717, 1.165) is 37.9 Å². The molecule has 0 saturated carbocycles. The lowest BCUT2D eigenvalue weighted by Gasteiger charge is -2.22. The van der Waals surface area contributed by atoms with Crippen LogP contribution in [0.2, 0.25) is 0 Å². The molecule has 0 aliphatic carbocycles. The molecule has 0 aromatic heterocycles. The van der Waals surface area contributed by atoms with Crippen LogP contribution in [0.25, 0.3) is 0 Å². The van der Waals surface area contributed by atoms with Crippen LogP contribution in [0.1, 0.15) is 32.3 Å². The Morgan fingerprint density at radius 1 is 1.23 bits per heavy atom. The summed E-state index contributed by atoms with van der Waals surface area (Å²) in [4.78, 5) is 26.3. The SMILES string of the molecule is CCc1ccccc1NC(=O)C(=O)NC[C@@H]1CCCN1CC. The number of carbonyl (C=O) groups excluding carboxylic acids is 2. The van der Waals surface area contributed by atoms with E-state index < -0.39 is 11.8 Å². The number of nitrogens with zero attached hydrogens (tertiary/aromatic N) is 1. The highest BCUT2D eigenvalue weighted by atomic mass is 16.2. The minimum absolute atomic E-state index is 0.352. The fourth-order valence-corrected chi connectivity index (χ4v) is 2.96. The molecule has 1 aliphatic rings. The fourth-order valence-electron chi connectivity index (χ4n) is 2.96. The molecule has 1 aliphatic heterocycles. The quantitative estimate of drug-likeness (QED) is 0.815. The topological polar surface area (TPSA) is 61.4 Å². The van der Waals surface area contributed by atoms with Crippen LogP contribution in [-0.4, -0.2) is 42.4 Å². The van der Waals surface area contributed by atoms with E-state index in [4.69, 9.17) is 0 Å². The molecule has 1 atom stereocenters. The Hall–Kier alpha value is -1.88. The van der Waals surface area contributed by atoms with Gasteiger partial charge in [-0.05, 0) is 44.0 Å². The molecule has 2 amide bonds. The van der Waals surface area contributed by atoms with Gasteiger partial charge in [-0.1, -0.05) is 32.0 Å². The van der Waals surface area contributed by atoms with Crippen LogP contribution in [0.15, 0.2) is 24.3 Å². The normalized spacial score (nSPS) is 18.2. The number of benzene rings is 1. The minimum atomic E-state index is -0.595. The summed E-state index contributed by atoms with van der Waals surface area (Å²) in [6, 6.07) is 7.90. The standard InChI is InChI=1S/C17H25N3O2/c1-3-13-8-5-6-10-15(13)19-17(22)16(21)18-12-14-9-7-11-20(14)4-2/h5-6,8,10,14H,3-4,7,9,11-12H2,1-2H3,(H,18,21)(H,19,22)/t14-/m0/s1. The zero-order chi connectivity index (χ0) is 15.9. The smallest absolute Gasteiger partial charge is 0.313 e. The first-order valence-corrected chi connectivity index (χ1v) is 8.06. The van der Waals surface area contributed by atoms with Crippen LogP contribution in [-0.2, 0) is 16.0 Å². The van der Waals surface area contributed by atoms with Crippen molar-refractivity contribution >= 4 is 17.5 Å². The number of carbonyl (C=O) groups is 2. The van der Waals surface area contributed by atoms with E-state index in [0.29, 0.717) is 18.3 Å². The van der Waals surface area contributed by atoms with E-state index in [2.05, 4.69) is 22.5 Å². The van der Waals surface area contributed by atoms with Gasteiger partial charge in [0.2, 0.25) is 0 Å². The van der Waals surface area contributed by atoms with Gasteiger partial charge in [-0.25, -0.2) is 0 Å². The second-order valence-corrected chi connectivity index (χ2v) is 5.60. The molecule has 120 valence electrons. The van der Waals surface area contributed by atoms with E-state index in [9.17, 15) is 9.59 Å². The van der Waals surface area contributed by atoms with Crippen molar-refractivity contribution in [3.8, 4) is 0 Å². The molecule has 22 heavy (non-hydrogen) atoms. The summed E-state index contributed by atoms with van der Waals surface area (Å²) in [7, 11) is 0. The summed E-state index contributed by atoms with van der Waals surface area (Å²) < 4.78 is 0. The zero-order valence-corrected chi connectivity index (χ0v) is 13.4. The summed E-state index contributed by atoms with van der Waals surface area (Å²) in [6.07, 6.45) is 3.05. The second kappa shape index (κ2) is 7.94. The van der Waals surface area contributed by atoms with Crippen LogP contribution in [0.3, 0.4) is 0 Å². The van der Waals surface area contributed by atoms with E-state index in [-0.39, 0.29) is 0 Å². The van der Waals surface area contributed by atoms with Crippen molar-refractivity contribution < 1.29 is 9.59 Å². The molecule has 2 rings (SSSR count). The third-order valence-corrected chi connectivity index (χ3v) is 4.26. The molecule has 0 bridgehead atoms. The Morgan fingerprint density at radius 2 is 2.00 bits per heavy atom.